The molecule has 4 heteroatoms. The molecule has 1 aliphatic carbocycles. The van der Waals surface area contributed by atoms with E-state index in [1.807, 2.05) is 0 Å². The topological polar surface area (TPSA) is 29.1 Å². The van der Waals surface area contributed by atoms with Gasteiger partial charge in [-0.1, -0.05) is 6.92 Å². The van der Waals surface area contributed by atoms with Crippen LogP contribution in [0.2, 0.25) is 0 Å². The Morgan fingerprint density at radius 1 is 1.62 bits per heavy atom. The molecule has 1 aromatic rings. The summed E-state index contributed by atoms with van der Waals surface area (Å²) in [6.45, 7) is 2.89. The van der Waals surface area contributed by atoms with Crippen LogP contribution in [0.1, 0.15) is 23.7 Å². The van der Waals surface area contributed by atoms with Crippen LogP contribution in [0.25, 0.3) is 0 Å². The van der Waals surface area contributed by atoms with E-state index in [1.54, 1.807) is 0 Å². The number of benzene rings is 1. The Balaban J connectivity index is 1.95. The molecule has 2 atom stereocenters. The summed E-state index contributed by atoms with van der Waals surface area (Å²) in [7, 11) is 0. The van der Waals surface area contributed by atoms with Crippen LogP contribution in [0, 0.1) is 17.7 Å². The minimum atomic E-state index is -0.354. The molecule has 16 heavy (non-hydrogen) atoms. The average molecular weight is 286 g/mol. The van der Waals surface area contributed by atoms with Crippen molar-refractivity contribution < 1.29 is 9.18 Å². The number of hydrogen-bond donors (Lipinski definition) is 1. The van der Waals surface area contributed by atoms with Crippen molar-refractivity contribution in [2.75, 3.05) is 6.54 Å². The third kappa shape index (κ3) is 2.61. The van der Waals surface area contributed by atoms with Crippen molar-refractivity contribution >= 4 is 21.8 Å². The first kappa shape index (κ1) is 11.6. The lowest BCUT2D eigenvalue weighted by molar-refractivity contribution is 0.0951. The van der Waals surface area contributed by atoms with E-state index in [9.17, 15) is 9.18 Å². The second-order valence-electron chi connectivity index (χ2n) is 4.31. The second kappa shape index (κ2) is 4.53. The zero-order valence-corrected chi connectivity index (χ0v) is 10.6. The molecule has 2 unspecified atom stereocenters. The van der Waals surface area contributed by atoms with E-state index in [2.05, 4.69) is 28.2 Å². The smallest absolute Gasteiger partial charge is 0.251 e. The number of nitrogens with one attached hydrogen (secondary N) is 1. The number of carbonyl (C=O) groups is 1. The normalized spacial score (nSPS) is 22.9. The lowest BCUT2D eigenvalue weighted by atomic mass is 10.2. The number of rotatable bonds is 3. The van der Waals surface area contributed by atoms with E-state index in [0.29, 0.717) is 16.0 Å². The maximum Gasteiger partial charge on any atom is 0.251 e. The molecule has 1 aromatic carbocycles. The first-order valence-electron chi connectivity index (χ1n) is 5.31. The third-order valence-corrected chi connectivity index (χ3v) is 3.59. The van der Waals surface area contributed by atoms with Gasteiger partial charge in [-0.15, -0.1) is 0 Å². The third-order valence-electron chi connectivity index (χ3n) is 2.98. The van der Waals surface area contributed by atoms with E-state index in [4.69, 9.17) is 0 Å². The number of halogens is 2. The maximum atomic E-state index is 13.0. The maximum absolute atomic E-state index is 13.0. The highest BCUT2D eigenvalue weighted by molar-refractivity contribution is 9.10. The quantitative estimate of drug-likeness (QED) is 0.909. The van der Waals surface area contributed by atoms with Gasteiger partial charge in [0.05, 0.1) is 4.47 Å². The molecule has 0 aromatic heterocycles. The number of hydrogen-bond acceptors (Lipinski definition) is 1. The van der Waals surface area contributed by atoms with Crippen LogP contribution >= 0.6 is 15.9 Å². The summed E-state index contributed by atoms with van der Waals surface area (Å²) >= 11 is 3.06. The molecular formula is C12H13BrFNO. The molecule has 1 amide bonds. The molecule has 0 radical (unpaired) electrons. The second-order valence-corrected chi connectivity index (χ2v) is 5.17. The molecule has 0 spiro atoms. The first-order chi connectivity index (χ1) is 7.58. The van der Waals surface area contributed by atoms with Crippen LogP contribution < -0.4 is 5.32 Å². The fourth-order valence-electron chi connectivity index (χ4n) is 1.65. The summed E-state index contributed by atoms with van der Waals surface area (Å²) in [5, 5.41) is 2.86. The van der Waals surface area contributed by atoms with Crippen LogP contribution in [-0.4, -0.2) is 12.5 Å². The predicted octanol–water partition coefficient (Wildman–Crippen LogP) is 2.97. The first-order valence-corrected chi connectivity index (χ1v) is 6.10. The average Bonchev–Trinajstić information content (AvgIpc) is 2.95. The van der Waals surface area contributed by atoms with Gasteiger partial charge in [0.1, 0.15) is 5.82 Å². The highest BCUT2D eigenvalue weighted by Crippen LogP contribution is 2.36. The highest BCUT2D eigenvalue weighted by Gasteiger charge is 2.32. The van der Waals surface area contributed by atoms with Gasteiger partial charge in [0.15, 0.2) is 0 Å². The summed E-state index contributed by atoms with van der Waals surface area (Å²) in [6.07, 6.45) is 1.19. The molecule has 1 saturated carbocycles. The molecule has 1 aliphatic rings. The Labute approximate surface area is 102 Å². The monoisotopic (exact) mass is 285 g/mol. The van der Waals surface area contributed by atoms with Crippen LogP contribution in [0.5, 0.6) is 0 Å². The fourth-order valence-corrected chi connectivity index (χ4v) is 2.03. The summed E-state index contributed by atoms with van der Waals surface area (Å²) in [6, 6.07) is 4.28. The Morgan fingerprint density at radius 3 is 2.88 bits per heavy atom. The highest BCUT2D eigenvalue weighted by atomic mass is 79.9. The minimum Gasteiger partial charge on any atom is -0.352 e. The van der Waals surface area contributed by atoms with Crippen molar-refractivity contribution in [2.24, 2.45) is 11.8 Å². The molecule has 0 saturated heterocycles. The van der Waals surface area contributed by atoms with E-state index in [-0.39, 0.29) is 11.7 Å². The van der Waals surface area contributed by atoms with Crippen molar-refractivity contribution in [2.45, 2.75) is 13.3 Å². The zero-order chi connectivity index (χ0) is 11.7. The minimum absolute atomic E-state index is 0.139. The predicted molar refractivity (Wildman–Crippen MR) is 63.7 cm³/mol. The van der Waals surface area contributed by atoms with Gasteiger partial charge in [-0.2, -0.15) is 0 Å². The lowest BCUT2D eigenvalue weighted by Crippen LogP contribution is -2.25. The van der Waals surface area contributed by atoms with E-state index >= 15 is 0 Å². The van der Waals surface area contributed by atoms with Gasteiger partial charge in [0.2, 0.25) is 0 Å². The van der Waals surface area contributed by atoms with E-state index in [1.165, 1.54) is 24.6 Å². The largest absolute Gasteiger partial charge is 0.352 e. The molecule has 2 rings (SSSR count). The van der Waals surface area contributed by atoms with Crippen molar-refractivity contribution in [1.29, 1.82) is 0 Å². The van der Waals surface area contributed by atoms with Crippen LogP contribution in [-0.2, 0) is 0 Å². The van der Waals surface area contributed by atoms with Gasteiger partial charge in [0, 0.05) is 12.1 Å². The Bertz CT molecular complexity index is 421. The van der Waals surface area contributed by atoms with Crippen molar-refractivity contribution in [1.82, 2.24) is 5.32 Å². The molecule has 0 bridgehead atoms. The van der Waals surface area contributed by atoms with Gasteiger partial charge in [-0.25, -0.2) is 4.39 Å². The van der Waals surface area contributed by atoms with E-state index in [0.717, 1.165) is 12.5 Å². The van der Waals surface area contributed by atoms with Gasteiger partial charge < -0.3 is 5.32 Å². The van der Waals surface area contributed by atoms with Crippen molar-refractivity contribution in [3.63, 3.8) is 0 Å². The van der Waals surface area contributed by atoms with Crippen molar-refractivity contribution in [3.05, 3.63) is 34.1 Å². The summed E-state index contributed by atoms with van der Waals surface area (Å²) in [4.78, 5) is 11.7. The molecule has 2 nitrogen and oxygen atoms in total. The van der Waals surface area contributed by atoms with Crippen LogP contribution in [0.15, 0.2) is 22.7 Å². The molecule has 1 N–H and O–H groups in total. The molecule has 86 valence electrons. The van der Waals surface area contributed by atoms with Crippen LogP contribution in [0.4, 0.5) is 4.39 Å². The number of carbonyl (C=O) groups excluding carboxylic acids is 1. The Kier molecular flexibility index (Phi) is 3.28. The molecule has 1 fully saturated rings. The van der Waals surface area contributed by atoms with Gasteiger partial charge in [-0.3, -0.25) is 4.79 Å². The summed E-state index contributed by atoms with van der Waals surface area (Å²) < 4.78 is 13.3. The summed E-state index contributed by atoms with van der Waals surface area (Å²) in [5.41, 5.74) is 0.488. The SMILES string of the molecule is CC1CC1CNC(=O)c1ccc(F)c(Br)c1. The Hall–Kier alpha value is -0.900. The van der Waals surface area contributed by atoms with Crippen molar-refractivity contribution in [3.8, 4) is 0 Å². The Morgan fingerprint density at radius 2 is 2.31 bits per heavy atom. The molecule has 0 aliphatic heterocycles. The van der Waals surface area contributed by atoms with Gasteiger partial charge >= 0.3 is 0 Å². The molecular weight excluding hydrogens is 273 g/mol. The van der Waals surface area contributed by atoms with Crippen LogP contribution in [0.3, 0.4) is 0 Å². The molecule has 0 heterocycles. The zero-order valence-electron chi connectivity index (χ0n) is 8.97. The number of amides is 1. The summed E-state index contributed by atoms with van der Waals surface area (Å²) in [5.74, 6) is 0.847. The van der Waals surface area contributed by atoms with Gasteiger partial charge in [-0.05, 0) is 52.4 Å². The van der Waals surface area contributed by atoms with Gasteiger partial charge in [0.25, 0.3) is 5.91 Å². The standard InChI is InChI=1S/C12H13BrFNO/c1-7-4-9(7)6-15-12(16)8-2-3-11(14)10(13)5-8/h2-3,5,7,9H,4,6H2,1H3,(H,15,16). The fraction of sp³-hybridized carbons (Fsp3) is 0.417. The lowest BCUT2D eigenvalue weighted by Gasteiger charge is -2.05. The van der Waals surface area contributed by atoms with E-state index < -0.39 is 0 Å².